The molecule has 0 radical (unpaired) electrons. The monoisotopic (exact) mass is 356 g/mol. The van der Waals surface area contributed by atoms with Crippen LogP contribution in [0, 0.1) is 0 Å². The first-order valence-electron chi connectivity index (χ1n) is 7.89. The lowest BCUT2D eigenvalue weighted by atomic mass is 10.2. The molecule has 0 aromatic heterocycles. The van der Waals surface area contributed by atoms with Gasteiger partial charge in [0.1, 0.15) is 0 Å². The third-order valence-electron chi connectivity index (χ3n) is 3.05. The van der Waals surface area contributed by atoms with E-state index in [1.165, 1.54) is 0 Å². The van der Waals surface area contributed by atoms with Crippen molar-refractivity contribution in [1.82, 2.24) is 0 Å². The molecule has 0 aliphatic rings. The van der Waals surface area contributed by atoms with Crippen LogP contribution in [0.1, 0.15) is 5.56 Å². The molecule has 0 saturated heterocycles. The van der Waals surface area contributed by atoms with Crippen molar-refractivity contribution in [2.45, 2.75) is 0 Å². The van der Waals surface area contributed by atoms with Crippen LogP contribution in [-0.2, 0) is 27.5 Å². The zero-order valence-corrected chi connectivity index (χ0v) is 15.7. The molecule has 0 saturated carbocycles. The summed E-state index contributed by atoms with van der Waals surface area (Å²) in [7, 11) is 1.88. The number of ether oxygens (including phenoxy) is 3. The van der Waals surface area contributed by atoms with Gasteiger partial charge in [0.25, 0.3) is 0 Å². The molecule has 0 bridgehead atoms. The summed E-state index contributed by atoms with van der Waals surface area (Å²) in [6.07, 6.45) is 1.96. The van der Waals surface area contributed by atoms with E-state index in [2.05, 4.69) is 0 Å². The number of benzene rings is 1. The first kappa shape index (κ1) is 21.0. The lowest BCUT2D eigenvalue weighted by Crippen LogP contribution is -2.46. The standard InChI is InChI=1S/C17H28O6Si/c1-18-10-13-21-24(22-14-11-19-2,23-15-12-20-3)16-9-17-7-5-4-6-8-17/h4-9,16H,10-15H2,1-3H3. The fourth-order valence-corrected chi connectivity index (χ4v) is 3.87. The van der Waals surface area contributed by atoms with Gasteiger partial charge in [-0.1, -0.05) is 36.4 Å². The fourth-order valence-electron chi connectivity index (χ4n) is 1.83. The van der Waals surface area contributed by atoms with E-state index in [1.807, 2.05) is 42.1 Å². The molecule has 24 heavy (non-hydrogen) atoms. The maximum Gasteiger partial charge on any atom is 0.529 e. The fraction of sp³-hybridized carbons (Fsp3) is 0.529. The summed E-state index contributed by atoms with van der Waals surface area (Å²) in [6.45, 7) is 2.57. The van der Waals surface area contributed by atoms with E-state index in [9.17, 15) is 0 Å². The van der Waals surface area contributed by atoms with Gasteiger partial charge in [0, 0.05) is 21.3 Å². The quantitative estimate of drug-likeness (QED) is 0.376. The Labute approximate surface area is 145 Å². The van der Waals surface area contributed by atoms with Crippen molar-refractivity contribution in [3.63, 3.8) is 0 Å². The van der Waals surface area contributed by atoms with Crippen molar-refractivity contribution < 1.29 is 27.5 Å². The second-order valence-corrected chi connectivity index (χ2v) is 7.28. The van der Waals surface area contributed by atoms with Crippen LogP contribution in [0.5, 0.6) is 0 Å². The summed E-state index contributed by atoms with van der Waals surface area (Å²) in [5.41, 5.74) is 2.94. The minimum atomic E-state index is -3.01. The van der Waals surface area contributed by atoms with Crippen LogP contribution in [0.3, 0.4) is 0 Å². The Balaban J connectivity index is 2.85. The van der Waals surface area contributed by atoms with Gasteiger partial charge in [0.15, 0.2) is 0 Å². The summed E-state index contributed by atoms with van der Waals surface area (Å²) in [6, 6.07) is 9.95. The Hall–Kier alpha value is -1.06. The van der Waals surface area contributed by atoms with E-state index in [4.69, 9.17) is 27.5 Å². The molecule has 0 N–H and O–H groups in total. The lowest BCUT2D eigenvalue weighted by Gasteiger charge is -2.27. The first-order valence-corrected chi connectivity index (χ1v) is 9.69. The highest BCUT2D eigenvalue weighted by molar-refractivity contribution is 6.67. The summed E-state index contributed by atoms with van der Waals surface area (Å²) in [5, 5.41) is 0. The minimum absolute atomic E-state index is 0.391. The summed E-state index contributed by atoms with van der Waals surface area (Å²) in [4.78, 5) is 0. The molecule has 0 atom stereocenters. The molecular formula is C17H28O6Si. The SMILES string of the molecule is COCCO[Si](C=Cc1ccccc1)(OCCOC)OCCOC. The molecule has 6 nitrogen and oxygen atoms in total. The van der Waals surface area contributed by atoms with E-state index in [0.29, 0.717) is 39.6 Å². The normalized spacial score (nSPS) is 12.1. The van der Waals surface area contributed by atoms with Gasteiger partial charge < -0.3 is 27.5 Å². The topological polar surface area (TPSA) is 55.4 Å². The predicted molar refractivity (Wildman–Crippen MR) is 94.7 cm³/mol. The van der Waals surface area contributed by atoms with Gasteiger partial charge in [-0.2, -0.15) is 0 Å². The van der Waals surface area contributed by atoms with E-state index < -0.39 is 8.80 Å². The number of hydrogen-bond acceptors (Lipinski definition) is 6. The van der Waals surface area contributed by atoms with Crippen LogP contribution in [0.25, 0.3) is 6.08 Å². The van der Waals surface area contributed by atoms with Gasteiger partial charge in [0.2, 0.25) is 0 Å². The molecule has 1 aromatic carbocycles. The molecule has 0 heterocycles. The molecule has 0 aliphatic heterocycles. The maximum absolute atomic E-state index is 5.96. The molecule has 7 heteroatoms. The van der Waals surface area contributed by atoms with E-state index >= 15 is 0 Å². The first-order chi connectivity index (χ1) is 11.8. The van der Waals surface area contributed by atoms with Crippen molar-refractivity contribution in [1.29, 1.82) is 0 Å². The third-order valence-corrected chi connectivity index (χ3v) is 5.45. The highest BCUT2D eigenvalue weighted by Gasteiger charge is 2.38. The van der Waals surface area contributed by atoms with Crippen LogP contribution < -0.4 is 0 Å². The highest BCUT2D eigenvalue weighted by atomic mass is 28.4. The van der Waals surface area contributed by atoms with E-state index in [0.717, 1.165) is 5.56 Å². The van der Waals surface area contributed by atoms with E-state index in [1.54, 1.807) is 21.3 Å². The molecule has 0 aliphatic carbocycles. The maximum atomic E-state index is 5.96. The van der Waals surface area contributed by atoms with Gasteiger partial charge in [-0.15, -0.1) is 0 Å². The molecule has 136 valence electrons. The van der Waals surface area contributed by atoms with Crippen molar-refractivity contribution in [2.24, 2.45) is 0 Å². The van der Waals surface area contributed by atoms with Crippen LogP contribution in [0.4, 0.5) is 0 Å². The van der Waals surface area contributed by atoms with Gasteiger partial charge in [0.05, 0.1) is 39.6 Å². The van der Waals surface area contributed by atoms with E-state index in [-0.39, 0.29) is 0 Å². The Bertz CT molecular complexity index is 413. The van der Waals surface area contributed by atoms with Gasteiger partial charge >= 0.3 is 8.80 Å². The smallest absolute Gasteiger partial charge is 0.382 e. The zero-order chi connectivity index (χ0) is 17.5. The number of hydrogen-bond donors (Lipinski definition) is 0. The average Bonchev–Trinajstić information content (AvgIpc) is 2.61. The summed E-state index contributed by atoms with van der Waals surface area (Å²) >= 11 is 0. The minimum Gasteiger partial charge on any atom is -0.382 e. The molecule has 1 aromatic rings. The highest BCUT2D eigenvalue weighted by Crippen LogP contribution is 2.15. The van der Waals surface area contributed by atoms with Gasteiger partial charge in [-0.25, -0.2) is 0 Å². The third kappa shape index (κ3) is 8.70. The number of rotatable bonds is 14. The second kappa shape index (κ2) is 13.3. The van der Waals surface area contributed by atoms with Crippen molar-refractivity contribution in [2.75, 3.05) is 61.0 Å². The molecule has 0 unspecified atom stereocenters. The molecule has 0 fully saturated rings. The van der Waals surface area contributed by atoms with Crippen LogP contribution in [0.2, 0.25) is 0 Å². The largest absolute Gasteiger partial charge is 0.529 e. The van der Waals surface area contributed by atoms with Crippen molar-refractivity contribution in [3.05, 3.63) is 41.6 Å². The molecular weight excluding hydrogens is 328 g/mol. The number of methoxy groups -OCH3 is 3. The van der Waals surface area contributed by atoms with Crippen molar-refractivity contribution in [3.8, 4) is 0 Å². The average molecular weight is 356 g/mol. The second-order valence-electron chi connectivity index (χ2n) is 4.87. The molecule has 0 amide bonds. The summed E-state index contributed by atoms with van der Waals surface area (Å²) in [5.74, 6) is 0. The van der Waals surface area contributed by atoms with Gasteiger partial charge in [-0.3, -0.25) is 0 Å². The van der Waals surface area contributed by atoms with Crippen LogP contribution in [-0.4, -0.2) is 69.8 Å². The Kier molecular flexibility index (Phi) is 11.6. The van der Waals surface area contributed by atoms with Crippen molar-refractivity contribution >= 4 is 14.9 Å². The summed E-state index contributed by atoms with van der Waals surface area (Å²) < 4.78 is 33.1. The lowest BCUT2D eigenvalue weighted by molar-refractivity contribution is 0.0233. The Morgan fingerprint density at radius 3 is 1.58 bits per heavy atom. The Morgan fingerprint density at radius 1 is 0.708 bits per heavy atom. The zero-order valence-electron chi connectivity index (χ0n) is 14.7. The Morgan fingerprint density at radius 2 is 1.17 bits per heavy atom. The predicted octanol–water partition coefficient (Wildman–Crippen LogP) is 2.17. The van der Waals surface area contributed by atoms with Gasteiger partial charge in [-0.05, 0) is 11.3 Å². The van der Waals surface area contributed by atoms with Crippen LogP contribution >= 0.6 is 0 Å². The van der Waals surface area contributed by atoms with Crippen LogP contribution in [0.15, 0.2) is 36.0 Å². The molecule has 0 spiro atoms. The molecule has 1 rings (SSSR count).